The van der Waals surface area contributed by atoms with E-state index in [2.05, 4.69) is 5.32 Å². The van der Waals surface area contributed by atoms with Crippen LogP contribution in [0.25, 0.3) is 0 Å². The summed E-state index contributed by atoms with van der Waals surface area (Å²) in [5.41, 5.74) is 2.13. The molecule has 122 valence electrons. The second kappa shape index (κ2) is 7.35. The number of aromatic hydroxyl groups is 1. The maximum absolute atomic E-state index is 10.3. The Labute approximate surface area is 141 Å². The van der Waals surface area contributed by atoms with Crippen molar-refractivity contribution in [2.24, 2.45) is 0 Å². The largest absolute Gasteiger partial charge is 0.508 e. The van der Waals surface area contributed by atoms with Crippen molar-refractivity contribution in [1.29, 1.82) is 0 Å². The lowest BCUT2D eigenvalue weighted by Crippen LogP contribution is -2.30. The molecule has 0 aromatic heterocycles. The first-order valence-electron chi connectivity index (χ1n) is 8.07. The molecule has 1 fully saturated rings. The van der Waals surface area contributed by atoms with Gasteiger partial charge in [0.2, 0.25) is 0 Å². The SMILES string of the molecule is Oc1ccc(C2CCC(NC[C@H](O)c3cccc(Cl)c3)C2)cc1. The number of benzene rings is 2. The van der Waals surface area contributed by atoms with Crippen molar-refractivity contribution in [3.63, 3.8) is 0 Å². The highest BCUT2D eigenvalue weighted by Crippen LogP contribution is 2.35. The van der Waals surface area contributed by atoms with Crippen LogP contribution in [-0.4, -0.2) is 22.8 Å². The van der Waals surface area contributed by atoms with Gasteiger partial charge in [0.05, 0.1) is 6.10 Å². The Balaban J connectivity index is 1.51. The summed E-state index contributed by atoms with van der Waals surface area (Å²) in [6.45, 7) is 0.535. The van der Waals surface area contributed by atoms with Gasteiger partial charge in [0.15, 0.2) is 0 Å². The topological polar surface area (TPSA) is 52.5 Å². The summed E-state index contributed by atoms with van der Waals surface area (Å²) in [6.07, 6.45) is 2.76. The molecule has 3 N–H and O–H groups in total. The number of hydrogen-bond donors (Lipinski definition) is 3. The van der Waals surface area contributed by atoms with Gasteiger partial charge >= 0.3 is 0 Å². The fourth-order valence-electron chi connectivity index (χ4n) is 3.33. The van der Waals surface area contributed by atoms with Gasteiger partial charge < -0.3 is 15.5 Å². The van der Waals surface area contributed by atoms with Crippen molar-refractivity contribution >= 4 is 11.6 Å². The zero-order chi connectivity index (χ0) is 16.2. The number of phenols is 1. The van der Waals surface area contributed by atoms with Crippen molar-refractivity contribution in [3.05, 3.63) is 64.7 Å². The van der Waals surface area contributed by atoms with E-state index in [0.717, 1.165) is 24.8 Å². The van der Waals surface area contributed by atoms with Crippen LogP contribution >= 0.6 is 11.6 Å². The molecule has 23 heavy (non-hydrogen) atoms. The zero-order valence-corrected chi connectivity index (χ0v) is 13.7. The monoisotopic (exact) mass is 331 g/mol. The average Bonchev–Trinajstić information content (AvgIpc) is 3.02. The molecule has 3 rings (SSSR count). The van der Waals surface area contributed by atoms with E-state index in [1.54, 1.807) is 12.1 Å². The standard InChI is InChI=1S/C19H22ClNO2/c20-16-3-1-2-15(10-16)19(23)12-21-17-7-4-14(11-17)13-5-8-18(22)9-6-13/h1-3,5-6,8-10,14,17,19,21-23H,4,7,11-12H2/t14?,17?,19-/m0/s1. The maximum atomic E-state index is 10.3. The van der Waals surface area contributed by atoms with Crippen molar-refractivity contribution in [1.82, 2.24) is 5.32 Å². The minimum atomic E-state index is -0.540. The third kappa shape index (κ3) is 4.25. The Morgan fingerprint density at radius 2 is 1.91 bits per heavy atom. The number of hydrogen-bond acceptors (Lipinski definition) is 3. The number of nitrogens with one attached hydrogen (secondary N) is 1. The molecule has 0 saturated heterocycles. The lowest BCUT2D eigenvalue weighted by Gasteiger charge is -2.17. The summed E-state index contributed by atoms with van der Waals surface area (Å²) in [5, 5.41) is 23.8. The molecule has 0 aliphatic heterocycles. The first kappa shape index (κ1) is 16.3. The van der Waals surface area contributed by atoms with Gasteiger partial charge in [0.1, 0.15) is 5.75 Å². The average molecular weight is 332 g/mol. The predicted molar refractivity (Wildman–Crippen MR) is 92.9 cm³/mol. The van der Waals surface area contributed by atoms with Crippen molar-refractivity contribution in [2.45, 2.75) is 37.3 Å². The van der Waals surface area contributed by atoms with Crippen LogP contribution < -0.4 is 5.32 Å². The fraction of sp³-hybridized carbons (Fsp3) is 0.368. The molecule has 1 aliphatic carbocycles. The number of phenolic OH excluding ortho intramolecular Hbond substituents is 1. The van der Waals surface area contributed by atoms with E-state index >= 15 is 0 Å². The highest BCUT2D eigenvalue weighted by atomic mass is 35.5. The molecule has 2 aromatic rings. The van der Waals surface area contributed by atoms with Crippen LogP contribution in [0.1, 0.15) is 42.4 Å². The summed E-state index contributed by atoms with van der Waals surface area (Å²) in [6, 6.07) is 15.3. The van der Waals surface area contributed by atoms with Gasteiger partial charge in [0.25, 0.3) is 0 Å². The van der Waals surface area contributed by atoms with Gasteiger partial charge in [-0.3, -0.25) is 0 Å². The maximum Gasteiger partial charge on any atom is 0.115 e. The minimum absolute atomic E-state index is 0.311. The molecular formula is C19H22ClNO2. The predicted octanol–water partition coefficient (Wildman–Crippen LogP) is 4.00. The van der Waals surface area contributed by atoms with E-state index in [4.69, 9.17) is 11.6 Å². The first-order chi connectivity index (χ1) is 11.1. The van der Waals surface area contributed by atoms with E-state index in [1.807, 2.05) is 36.4 Å². The number of aliphatic hydroxyl groups is 1. The second-order valence-corrected chi connectivity index (χ2v) is 6.71. The summed E-state index contributed by atoms with van der Waals surface area (Å²) in [7, 11) is 0. The third-order valence-corrected chi connectivity index (χ3v) is 4.87. The molecule has 0 radical (unpaired) electrons. The van der Waals surface area contributed by atoms with Gasteiger partial charge in [-0.1, -0.05) is 35.9 Å². The Morgan fingerprint density at radius 1 is 1.13 bits per heavy atom. The molecule has 3 nitrogen and oxygen atoms in total. The Morgan fingerprint density at radius 3 is 2.65 bits per heavy atom. The number of aliphatic hydroxyl groups excluding tert-OH is 1. The molecule has 0 heterocycles. The summed E-state index contributed by atoms with van der Waals surface area (Å²) >= 11 is 5.96. The molecular weight excluding hydrogens is 310 g/mol. The van der Waals surface area contributed by atoms with Crippen LogP contribution in [0, 0.1) is 0 Å². The lowest BCUT2D eigenvalue weighted by atomic mass is 9.97. The molecule has 2 unspecified atom stereocenters. The molecule has 4 heteroatoms. The minimum Gasteiger partial charge on any atom is -0.508 e. The van der Waals surface area contributed by atoms with E-state index in [1.165, 1.54) is 5.56 Å². The van der Waals surface area contributed by atoms with Gasteiger partial charge in [0, 0.05) is 17.6 Å². The van der Waals surface area contributed by atoms with E-state index in [9.17, 15) is 10.2 Å². The van der Waals surface area contributed by atoms with Crippen LogP contribution in [0.5, 0.6) is 5.75 Å². The van der Waals surface area contributed by atoms with Crippen LogP contribution in [0.4, 0.5) is 0 Å². The smallest absolute Gasteiger partial charge is 0.115 e. The molecule has 0 amide bonds. The van der Waals surface area contributed by atoms with Crippen molar-refractivity contribution < 1.29 is 10.2 Å². The number of halogens is 1. The summed E-state index contributed by atoms with van der Waals surface area (Å²) in [5.74, 6) is 0.836. The van der Waals surface area contributed by atoms with Crippen LogP contribution in [0.3, 0.4) is 0 Å². The van der Waals surface area contributed by atoms with Crippen LogP contribution in [-0.2, 0) is 0 Å². The Bertz CT molecular complexity index is 644. The van der Waals surface area contributed by atoms with Gasteiger partial charge in [-0.2, -0.15) is 0 Å². The normalized spacial score (nSPS) is 22.2. The van der Waals surface area contributed by atoms with Gasteiger partial charge in [-0.05, 0) is 60.6 Å². The molecule has 3 atom stereocenters. The molecule has 0 bridgehead atoms. The zero-order valence-electron chi connectivity index (χ0n) is 13.0. The summed E-state index contributed by atoms with van der Waals surface area (Å²) in [4.78, 5) is 0. The van der Waals surface area contributed by atoms with E-state index in [0.29, 0.717) is 29.3 Å². The highest BCUT2D eigenvalue weighted by Gasteiger charge is 2.26. The van der Waals surface area contributed by atoms with Crippen molar-refractivity contribution in [2.75, 3.05) is 6.54 Å². The number of rotatable bonds is 5. The van der Waals surface area contributed by atoms with Crippen LogP contribution in [0.15, 0.2) is 48.5 Å². The van der Waals surface area contributed by atoms with E-state index in [-0.39, 0.29) is 0 Å². The molecule has 0 spiro atoms. The van der Waals surface area contributed by atoms with Crippen LogP contribution in [0.2, 0.25) is 5.02 Å². The second-order valence-electron chi connectivity index (χ2n) is 6.28. The Hall–Kier alpha value is -1.55. The molecule has 2 aromatic carbocycles. The highest BCUT2D eigenvalue weighted by molar-refractivity contribution is 6.30. The molecule has 1 aliphatic rings. The molecule has 1 saturated carbocycles. The van der Waals surface area contributed by atoms with Gasteiger partial charge in [-0.15, -0.1) is 0 Å². The van der Waals surface area contributed by atoms with Gasteiger partial charge in [-0.25, -0.2) is 0 Å². The summed E-state index contributed by atoms with van der Waals surface area (Å²) < 4.78 is 0. The lowest BCUT2D eigenvalue weighted by molar-refractivity contribution is 0.170. The fourth-order valence-corrected chi connectivity index (χ4v) is 3.52. The van der Waals surface area contributed by atoms with E-state index < -0.39 is 6.10 Å². The first-order valence-corrected chi connectivity index (χ1v) is 8.45. The third-order valence-electron chi connectivity index (χ3n) is 4.63. The Kier molecular flexibility index (Phi) is 5.21. The quantitative estimate of drug-likeness (QED) is 0.776. The van der Waals surface area contributed by atoms with Crippen molar-refractivity contribution in [3.8, 4) is 5.75 Å².